The molecule has 0 bridgehead atoms. The predicted molar refractivity (Wildman–Crippen MR) is 1.37 cm³/mol. The molecule has 0 aromatic rings. The minimum Gasteiger partial charge on any atom is -2.00 e. The van der Waals surface area contributed by atoms with Crippen molar-refractivity contribution in [3.05, 3.63) is 0 Å². The van der Waals surface area contributed by atoms with Crippen molar-refractivity contribution in [3.8, 4) is 0 Å². The fraction of sp³-hybridized carbons (Fsp3) is 0. The molecule has 0 aromatic heterocycles. The third kappa shape index (κ3) is 10.9. The summed E-state index contributed by atoms with van der Waals surface area (Å²) in [7, 11) is 0. The molecule has 0 heterocycles. The summed E-state index contributed by atoms with van der Waals surface area (Å²) < 4.78 is 0. The molecule has 0 amide bonds. The third-order valence-corrected chi connectivity index (χ3v) is 0. The van der Waals surface area contributed by atoms with E-state index in [0.29, 0.717) is 0 Å². The minimum absolute atomic E-state index is 0. The maximum atomic E-state index is 0. The molecule has 0 aliphatic heterocycles. The van der Waals surface area contributed by atoms with Gasteiger partial charge in [0.05, 0.1) is 0 Å². The van der Waals surface area contributed by atoms with Crippen molar-refractivity contribution in [1.29, 1.82) is 0 Å². The summed E-state index contributed by atoms with van der Waals surface area (Å²) >= 11 is 0. The van der Waals surface area contributed by atoms with Crippen molar-refractivity contribution in [2.75, 3.05) is 0 Å². The van der Waals surface area contributed by atoms with E-state index in [0.717, 1.165) is 0 Å². The second-order valence-electron chi connectivity index (χ2n) is 0. The van der Waals surface area contributed by atoms with Gasteiger partial charge in [-0.2, -0.15) is 0 Å². The summed E-state index contributed by atoms with van der Waals surface area (Å²) in [5, 5.41) is 0. The Kier molecular flexibility index (Phi) is 506. The van der Waals surface area contributed by atoms with Crippen molar-refractivity contribution >= 4 is 0 Å². The van der Waals surface area contributed by atoms with Gasteiger partial charge in [0.1, 0.15) is 0 Å². The first-order valence-corrected chi connectivity index (χ1v) is 0. The van der Waals surface area contributed by atoms with Gasteiger partial charge in [0.15, 0.2) is 0 Å². The van der Waals surface area contributed by atoms with Crippen LogP contribution in [0.1, 0.15) is 0 Å². The van der Waals surface area contributed by atoms with Crippen molar-refractivity contribution in [2.24, 2.45) is 0 Å². The van der Waals surface area contributed by atoms with Gasteiger partial charge in [-0.3, -0.25) is 0 Å². The first kappa shape index (κ1) is 65.9. The Balaban J connectivity index is 0. The third-order valence-electron chi connectivity index (χ3n) is 0. The Labute approximate surface area is 50.1 Å². The average molecular weight is 163 g/mol. The topological polar surface area (TPSA) is 57.0 Å². The van der Waals surface area contributed by atoms with Crippen LogP contribution in [-0.2, 0) is 49.9 Å². The van der Waals surface area contributed by atoms with E-state index < -0.39 is 0 Å². The largest absolute Gasteiger partial charge is 2.00 e. The maximum Gasteiger partial charge on any atom is 2.00 e. The van der Waals surface area contributed by atoms with Crippen LogP contribution in [-0.4, -0.2) is 0 Å². The van der Waals surface area contributed by atoms with Gasteiger partial charge in [-0.25, -0.2) is 0 Å². The molecule has 0 aliphatic rings. The fourth-order valence-electron chi connectivity index (χ4n) is 0. The summed E-state index contributed by atoms with van der Waals surface area (Å²) in [4.78, 5) is 0. The Morgan fingerprint density at radius 2 is 0.500 bits per heavy atom. The van der Waals surface area contributed by atoms with E-state index in [2.05, 4.69) is 0 Å². The molecule has 0 aliphatic carbocycles. The van der Waals surface area contributed by atoms with E-state index in [9.17, 15) is 0 Å². The molecule has 0 radical (unpaired) electrons. The fourth-order valence-corrected chi connectivity index (χ4v) is 0. The molecule has 16 valence electrons. The molecule has 0 saturated heterocycles. The van der Waals surface area contributed by atoms with Crippen LogP contribution in [0.25, 0.3) is 0 Å². The van der Waals surface area contributed by atoms with Crippen LogP contribution in [0.15, 0.2) is 0 Å². The van der Waals surface area contributed by atoms with Crippen molar-refractivity contribution in [3.63, 3.8) is 0 Å². The summed E-state index contributed by atoms with van der Waals surface area (Å²) in [6.45, 7) is 0. The molecule has 0 fully saturated rings. The van der Waals surface area contributed by atoms with Crippen molar-refractivity contribution in [2.45, 2.75) is 0 Å². The summed E-state index contributed by atoms with van der Waals surface area (Å²) in [6, 6.07) is 0. The second-order valence-corrected chi connectivity index (χ2v) is 0. The van der Waals surface area contributed by atoms with E-state index in [1.54, 1.807) is 0 Å². The summed E-state index contributed by atoms with van der Waals surface area (Å²) in [5.41, 5.74) is 0. The molecule has 4 heteroatoms. The van der Waals surface area contributed by atoms with Crippen LogP contribution in [0.5, 0.6) is 0 Å². The molecule has 0 saturated carbocycles. The average Bonchev–Trinajstić information content (AvgIpc) is 0. The molecule has 0 unspecified atom stereocenters. The Morgan fingerprint density at radius 1 is 0.500 bits per heavy atom. The zero-order valence-electron chi connectivity index (χ0n) is 2.23. The Hall–Kier alpha value is 1.17. The first-order valence-electron chi connectivity index (χ1n) is 0. The number of hydrogen-bond acceptors (Lipinski definition) is 0. The SMILES string of the molecule is [O-2].[O-2].[Zn+2].[Zn+2]. The van der Waals surface area contributed by atoms with E-state index in [-0.39, 0.29) is 49.9 Å². The molecule has 4 heavy (non-hydrogen) atoms. The van der Waals surface area contributed by atoms with Crippen molar-refractivity contribution < 1.29 is 49.9 Å². The molecular weight excluding hydrogens is 163 g/mol. The van der Waals surface area contributed by atoms with Gasteiger partial charge < -0.3 is 11.0 Å². The first-order chi connectivity index (χ1) is 0. The van der Waals surface area contributed by atoms with Gasteiger partial charge in [-0.15, -0.1) is 0 Å². The van der Waals surface area contributed by atoms with Crippen LogP contribution in [0.3, 0.4) is 0 Å². The van der Waals surface area contributed by atoms with Crippen LogP contribution in [0, 0.1) is 0 Å². The maximum absolute atomic E-state index is 0. The smallest absolute Gasteiger partial charge is 2.00 e. The van der Waals surface area contributed by atoms with Gasteiger partial charge >= 0.3 is 39.0 Å². The Morgan fingerprint density at radius 3 is 0.500 bits per heavy atom. The molecule has 0 N–H and O–H groups in total. The quantitative estimate of drug-likeness (QED) is 0.442. The second kappa shape index (κ2) is 30.7. The molecule has 0 spiro atoms. The van der Waals surface area contributed by atoms with Crippen LogP contribution < -0.4 is 0 Å². The minimum atomic E-state index is 0. The number of rotatable bonds is 0. The van der Waals surface area contributed by atoms with Crippen molar-refractivity contribution in [1.82, 2.24) is 0 Å². The molecule has 0 rings (SSSR count). The molecule has 2 nitrogen and oxygen atoms in total. The van der Waals surface area contributed by atoms with Gasteiger partial charge in [0.2, 0.25) is 0 Å². The summed E-state index contributed by atoms with van der Waals surface area (Å²) in [5.74, 6) is 0. The zero-order valence-corrected chi connectivity index (χ0v) is 8.16. The molecule has 0 atom stereocenters. The van der Waals surface area contributed by atoms with Crippen LogP contribution >= 0.6 is 0 Å². The van der Waals surface area contributed by atoms with Gasteiger partial charge in [0, 0.05) is 0 Å². The standard InChI is InChI=1S/2O.2Zn/q2*-2;2*+2. The van der Waals surface area contributed by atoms with Gasteiger partial charge in [-0.1, -0.05) is 0 Å². The monoisotopic (exact) mass is 160 g/mol. The van der Waals surface area contributed by atoms with E-state index in [4.69, 9.17) is 0 Å². The van der Waals surface area contributed by atoms with E-state index >= 15 is 0 Å². The van der Waals surface area contributed by atoms with Gasteiger partial charge in [0.25, 0.3) is 0 Å². The van der Waals surface area contributed by atoms with Gasteiger partial charge in [-0.05, 0) is 0 Å². The molecule has 0 aromatic carbocycles. The van der Waals surface area contributed by atoms with Crippen LogP contribution in [0.2, 0.25) is 0 Å². The van der Waals surface area contributed by atoms with E-state index in [1.165, 1.54) is 0 Å². The normalized spacial score (nSPS) is 0. The number of hydrogen-bond donors (Lipinski definition) is 0. The molecular formula is O2Zn2. The van der Waals surface area contributed by atoms with Crippen LogP contribution in [0.4, 0.5) is 0 Å². The zero-order chi connectivity index (χ0) is 0. The summed E-state index contributed by atoms with van der Waals surface area (Å²) in [6.07, 6.45) is 0. The Bertz CT molecular complexity index is 4.00. The van der Waals surface area contributed by atoms with E-state index in [1.807, 2.05) is 0 Å². The predicted octanol–water partition coefficient (Wildman–Crippen LogP) is -0.243.